The number of aryl methyl sites for hydroxylation is 2. The Kier molecular flexibility index (Phi) is 3.90. The molecule has 1 aromatic carbocycles. The van der Waals surface area contributed by atoms with Gasteiger partial charge in [-0.1, -0.05) is 22.0 Å². The Labute approximate surface area is 136 Å². The van der Waals surface area contributed by atoms with Crippen molar-refractivity contribution in [3.63, 3.8) is 0 Å². The van der Waals surface area contributed by atoms with Gasteiger partial charge in [0.1, 0.15) is 0 Å². The lowest BCUT2D eigenvalue weighted by atomic mass is 10.1. The summed E-state index contributed by atoms with van der Waals surface area (Å²) in [6, 6.07) is 11.1. The molecule has 110 valence electrons. The van der Waals surface area contributed by atoms with Gasteiger partial charge in [-0.25, -0.2) is 0 Å². The summed E-state index contributed by atoms with van der Waals surface area (Å²) in [6.07, 6.45) is 1.68. The predicted molar refractivity (Wildman–Crippen MR) is 91.1 cm³/mol. The summed E-state index contributed by atoms with van der Waals surface area (Å²) in [6.45, 7) is 3.77. The SMILES string of the molecule is Cc1cc(NC(=O)c2cc(C)nc3cc(Br)ccc23)ccn1. The van der Waals surface area contributed by atoms with E-state index in [-0.39, 0.29) is 5.91 Å². The van der Waals surface area contributed by atoms with Crippen LogP contribution in [0, 0.1) is 13.8 Å². The van der Waals surface area contributed by atoms with Crippen molar-refractivity contribution in [2.75, 3.05) is 5.32 Å². The van der Waals surface area contributed by atoms with Crippen molar-refractivity contribution in [3.8, 4) is 0 Å². The van der Waals surface area contributed by atoms with Crippen LogP contribution in [0.2, 0.25) is 0 Å². The Morgan fingerprint density at radius 3 is 2.68 bits per heavy atom. The van der Waals surface area contributed by atoms with Crippen molar-refractivity contribution in [2.45, 2.75) is 13.8 Å². The monoisotopic (exact) mass is 355 g/mol. The lowest BCUT2D eigenvalue weighted by Crippen LogP contribution is -2.13. The smallest absolute Gasteiger partial charge is 0.256 e. The lowest BCUT2D eigenvalue weighted by Gasteiger charge is -2.09. The second-order valence-electron chi connectivity index (χ2n) is 5.11. The molecule has 4 nitrogen and oxygen atoms in total. The summed E-state index contributed by atoms with van der Waals surface area (Å²) in [5.74, 6) is -0.150. The van der Waals surface area contributed by atoms with Crippen molar-refractivity contribution >= 4 is 38.4 Å². The van der Waals surface area contributed by atoms with Crippen LogP contribution in [-0.2, 0) is 0 Å². The summed E-state index contributed by atoms with van der Waals surface area (Å²) < 4.78 is 0.939. The first-order valence-corrected chi connectivity index (χ1v) is 7.63. The Hall–Kier alpha value is -2.27. The van der Waals surface area contributed by atoms with Crippen LogP contribution in [0.4, 0.5) is 5.69 Å². The zero-order valence-corrected chi connectivity index (χ0v) is 13.8. The first-order chi connectivity index (χ1) is 10.5. The third kappa shape index (κ3) is 2.99. The van der Waals surface area contributed by atoms with Crippen LogP contribution < -0.4 is 5.32 Å². The van der Waals surface area contributed by atoms with Crippen LogP contribution >= 0.6 is 15.9 Å². The molecule has 2 aromatic heterocycles. The van der Waals surface area contributed by atoms with E-state index in [0.717, 1.165) is 32.5 Å². The van der Waals surface area contributed by atoms with Crippen molar-refractivity contribution in [2.24, 2.45) is 0 Å². The number of anilines is 1. The van der Waals surface area contributed by atoms with Gasteiger partial charge < -0.3 is 5.32 Å². The molecule has 0 aliphatic heterocycles. The summed E-state index contributed by atoms with van der Waals surface area (Å²) in [5.41, 5.74) is 3.81. The molecule has 0 saturated carbocycles. The second kappa shape index (κ2) is 5.85. The summed E-state index contributed by atoms with van der Waals surface area (Å²) in [7, 11) is 0. The fourth-order valence-corrected chi connectivity index (χ4v) is 2.69. The zero-order valence-electron chi connectivity index (χ0n) is 12.2. The molecule has 5 heteroatoms. The molecule has 0 atom stereocenters. The van der Waals surface area contributed by atoms with Crippen LogP contribution in [-0.4, -0.2) is 15.9 Å². The van der Waals surface area contributed by atoms with E-state index in [9.17, 15) is 4.79 Å². The molecule has 0 fully saturated rings. The van der Waals surface area contributed by atoms with Gasteiger partial charge in [0.05, 0.1) is 11.1 Å². The van der Waals surface area contributed by atoms with Crippen LogP contribution in [0.1, 0.15) is 21.7 Å². The third-order valence-corrected chi connectivity index (χ3v) is 3.79. The number of aromatic nitrogens is 2. The molecule has 0 aliphatic carbocycles. The highest BCUT2D eigenvalue weighted by Crippen LogP contribution is 2.23. The van der Waals surface area contributed by atoms with E-state index < -0.39 is 0 Å². The molecular formula is C17H14BrN3O. The van der Waals surface area contributed by atoms with E-state index in [4.69, 9.17) is 0 Å². The molecule has 0 aliphatic rings. The van der Waals surface area contributed by atoms with Crippen LogP contribution in [0.3, 0.4) is 0 Å². The van der Waals surface area contributed by atoms with Crippen LogP contribution in [0.15, 0.2) is 47.1 Å². The maximum absolute atomic E-state index is 12.6. The molecule has 3 rings (SSSR count). The number of hydrogen-bond acceptors (Lipinski definition) is 3. The van der Waals surface area contributed by atoms with Crippen LogP contribution in [0.5, 0.6) is 0 Å². The van der Waals surface area contributed by atoms with E-state index in [1.165, 1.54) is 0 Å². The molecule has 0 radical (unpaired) electrons. The number of hydrogen-bond donors (Lipinski definition) is 1. The molecule has 0 bridgehead atoms. The maximum atomic E-state index is 12.6. The molecule has 0 spiro atoms. The van der Waals surface area contributed by atoms with Gasteiger partial charge in [-0.05, 0) is 44.2 Å². The van der Waals surface area contributed by atoms with Gasteiger partial charge in [0.15, 0.2) is 0 Å². The standard InChI is InChI=1S/C17H14BrN3O/c1-10-7-13(5-6-19-10)21-17(22)15-8-11(2)20-16-9-12(18)3-4-14(15)16/h3-9H,1-2H3,(H,19,21,22). The number of carbonyl (C=O) groups excluding carboxylic acids is 1. The van der Waals surface area contributed by atoms with Crippen molar-refractivity contribution in [1.82, 2.24) is 9.97 Å². The number of nitrogens with one attached hydrogen (secondary N) is 1. The van der Waals surface area contributed by atoms with Crippen molar-refractivity contribution in [3.05, 3.63) is 64.0 Å². The Morgan fingerprint density at radius 2 is 1.91 bits per heavy atom. The van der Waals surface area contributed by atoms with E-state index >= 15 is 0 Å². The fraction of sp³-hybridized carbons (Fsp3) is 0.118. The third-order valence-electron chi connectivity index (χ3n) is 3.30. The number of carbonyl (C=O) groups is 1. The van der Waals surface area contributed by atoms with Crippen LogP contribution in [0.25, 0.3) is 10.9 Å². The minimum absolute atomic E-state index is 0.150. The predicted octanol–water partition coefficient (Wildman–Crippen LogP) is 4.26. The molecule has 2 heterocycles. The molecule has 0 saturated heterocycles. The highest BCUT2D eigenvalue weighted by Gasteiger charge is 2.12. The molecule has 1 N–H and O–H groups in total. The molecular weight excluding hydrogens is 342 g/mol. The van der Waals surface area contributed by atoms with Gasteiger partial charge in [-0.15, -0.1) is 0 Å². The van der Waals surface area contributed by atoms with Gasteiger partial charge in [0.2, 0.25) is 0 Å². The number of rotatable bonds is 2. The van der Waals surface area contributed by atoms with Crippen molar-refractivity contribution < 1.29 is 4.79 Å². The lowest BCUT2D eigenvalue weighted by molar-refractivity contribution is 0.102. The highest BCUT2D eigenvalue weighted by atomic mass is 79.9. The first-order valence-electron chi connectivity index (χ1n) is 6.84. The van der Waals surface area contributed by atoms with E-state index in [2.05, 4.69) is 31.2 Å². The molecule has 1 amide bonds. The normalized spacial score (nSPS) is 10.7. The van der Waals surface area contributed by atoms with Gasteiger partial charge in [-0.2, -0.15) is 0 Å². The number of halogens is 1. The second-order valence-corrected chi connectivity index (χ2v) is 6.03. The Bertz CT molecular complexity index is 872. The number of benzene rings is 1. The van der Waals surface area contributed by atoms with Crippen molar-refractivity contribution in [1.29, 1.82) is 0 Å². The average Bonchev–Trinajstić information content (AvgIpc) is 2.45. The quantitative estimate of drug-likeness (QED) is 0.746. The maximum Gasteiger partial charge on any atom is 0.256 e. The zero-order chi connectivity index (χ0) is 15.7. The highest BCUT2D eigenvalue weighted by molar-refractivity contribution is 9.10. The number of pyridine rings is 2. The Morgan fingerprint density at radius 1 is 1.09 bits per heavy atom. The van der Waals surface area contributed by atoms with Gasteiger partial charge >= 0.3 is 0 Å². The average molecular weight is 356 g/mol. The van der Waals surface area contributed by atoms with E-state index in [0.29, 0.717) is 5.56 Å². The van der Waals surface area contributed by atoms with E-state index in [1.54, 1.807) is 18.3 Å². The first kappa shape index (κ1) is 14.7. The molecule has 0 unspecified atom stereocenters. The summed E-state index contributed by atoms with van der Waals surface area (Å²) in [4.78, 5) is 21.2. The molecule has 22 heavy (non-hydrogen) atoms. The number of fused-ring (bicyclic) bond motifs is 1. The fourth-order valence-electron chi connectivity index (χ4n) is 2.34. The summed E-state index contributed by atoms with van der Waals surface area (Å²) in [5, 5.41) is 3.75. The minimum Gasteiger partial charge on any atom is -0.322 e. The summed E-state index contributed by atoms with van der Waals surface area (Å²) >= 11 is 3.43. The van der Waals surface area contributed by atoms with Gasteiger partial charge in [0.25, 0.3) is 5.91 Å². The largest absolute Gasteiger partial charge is 0.322 e. The van der Waals surface area contributed by atoms with Gasteiger partial charge in [-0.3, -0.25) is 14.8 Å². The molecule has 3 aromatic rings. The van der Waals surface area contributed by atoms with Gasteiger partial charge in [0, 0.05) is 33.1 Å². The minimum atomic E-state index is -0.150. The topological polar surface area (TPSA) is 54.9 Å². The number of nitrogens with zero attached hydrogens (tertiary/aromatic N) is 2. The number of amides is 1. The van der Waals surface area contributed by atoms with E-state index in [1.807, 2.05) is 38.1 Å². The Balaban J connectivity index is 2.03.